The summed E-state index contributed by atoms with van der Waals surface area (Å²) in [4.78, 5) is 2.28. The molecule has 1 saturated heterocycles. The molecule has 0 aromatic carbocycles. The van der Waals surface area contributed by atoms with Crippen molar-refractivity contribution in [1.29, 1.82) is 0 Å². The Hall–Kier alpha value is -0.700. The van der Waals surface area contributed by atoms with Gasteiger partial charge in [-0.25, -0.2) is 0 Å². The molecule has 1 fully saturated rings. The van der Waals surface area contributed by atoms with Gasteiger partial charge in [0.15, 0.2) is 5.88 Å². The van der Waals surface area contributed by atoms with E-state index in [-0.39, 0.29) is 11.1 Å². The molecule has 0 amide bonds. The second kappa shape index (κ2) is 6.17. The van der Waals surface area contributed by atoms with Gasteiger partial charge in [-0.2, -0.15) is 0 Å². The summed E-state index contributed by atoms with van der Waals surface area (Å²) in [6.07, 6.45) is 2.44. The predicted molar refractivity (Wildman–Crippen MR) is 82.0 cm³/mol. The highest BCUT2D eigenvalue weighted by molar-refractivity contribution is 4.90. The molecule has 0 aromatic rings. The normalized spacial score (nSPS) is 18.5. The van der Waals surface area contributed by atoms with E-state index in [9.17, 15) is 0 Å². The molecule has 1 heterocycles. The Morgan fingerprint density at radius 3 is 2.11 bits per heavy atom. The standard InChI is InChI=1S/C16H32N2O/c1-13(19-16(5,6)7)18-10-8-14(9-11-18)12-17-15(2,3)4/h14,17H,1,8-12H2,2-7H3. The minimum atomic E-state index is -0.151. The fraction of sp³-hybridized carbons (Fsp3) is 0.875. The highest BCUT2D eigenvalue weighted by Gasteiger charge is 2.24. The molecule has 1 N–H and O–H groups in total. The molecule has 0 saturated carbocycles. The van der Waals surface area contributed by atoms with E-state index in [0.717, 1.165) is 31.4 Å². The van der Waals surface area contributed by atoms with Crippen LogP contribution in [0.5, 0.6) is 0 Å². The molecule has 1 aliphatic rings. The number of nitrogens with one attached hydrogen (secondary N) is 1. The number of hydrogen-bond acceptors (Lipinski definition) is 3. The highest BCUT2D eigenvalue weighted by atomic mass is 16.5. The van der Waals surface area contributed by atoms with Gasteiger partial charge in [0.2, 0.25) is 0 Å². The first-order valence-electron chi connectivity index (χ1n) is 7.45. The second-order valence-electron chi connectivity index (χ2n) is 7.67. The van der Waals surface area contributed by atoms with E-state index in [1.165, 1.54) is 12.8 Å². The van der Waals surface area contributed by atoms with Crippen LogP contribution in [0.4, 0.5) is 0 Å². The van der Waals surface area contributed by atoms with Gasteiger partial charge in [0, 0.05) is 18.6 Å². The molecule has 1 rings (SSSR count). The van der Waals surface area contributed by atoms with Crippen LogP contribution in [-0.4, -0.2) is 35.7 Å². The van der Waals surface area contributed by atoms with Gasteiger partial charge < -0.3 is 15.0 Å². The summed E-state index contributed by atoms with van der Waals surface area (Å²) in [6.45, 7) is 20.2. The number of ether oxygens (including phenoxy) is 1. The van der Waals surface area contributed by atoms with E-state index >= 15 is 0 Å². The van der Waals surface area contributed by atoms with Crippen LogP contribution in [0.3, 0.4) is 0 Å². The summed E-state index contributed by atoms with van der Waals surface area (Å²) in [6, 6.07) is 0. The summed E-state index contributed by atoms with van der Waals surface area (Å²) in [5.41, 5.74) is 0.0673. The molecule has 112 valence electrons. The molecule has 1 aliphatic heterocycles. The maximum atomic E-state index is 5.84. The van der Waals surface area contributed by atoms with Gasteiger partial charge in [0.25, 0.3) is 0 Å². The van der Waals surface area contributed by atoms with Crippen LogP contribution in [0.25, 0.3) is 0 Å². The molecule has 0 unspecified atom stereocenters. The third kappa shape index (κ3) is 6.86. The Balaban J connectivity index is 2.31. The van der Waals surface area contributed by atoms with Gasteiger partial charge in [-0.15, -0.1) is 0 Å². The fourth-order valence-electron chi connectivity index (χ4n) is 2.25. The van der Waals surface area contributed by atoms with Crippen molar-refractivity contribution in [3.05, 3.63) is 12.5 Å². The fourth-order valence-corrected chi connectivity index (χ4v) is 2.25. The summed E-state index contributed by atoms with van der Waals surface area (Å²) in [7, 11) is 0. The van der Waals surface area contributed by atoms with E-state index in [0.29, 0.717) is 0 Å². The van der Waals surface area contributed by atoms with Crippen molar-refractivity contribution in [1.82, 2.24) is 10.2 Å². The van der Waals surface area contributed by atoms with Crippen LogP contribution in [-0.2, 0) is 4.74 Å². The second-order valence-corrected chi connectivity index (χ2v) is 7.67. The Bertz CT molecular complexity index is 291. The zero-order valence-electron chi connectivity index (χ0n) is 13.7. The summed E-state index contributed by atoms with van der Waals surface area (Å²) >= 11 is 0. The lowest BCUT2D eigenvalue weighted by atomic mass is 9.95. The van der Waals surface area contributed by atoms with Crippen molar-refractivity contribution in [2.75, 3.05) is 19.6 Å². The molecule has 0 bridgehead atoms. The van der Waals surface area contributed by atoms with Crippen LogP contribution >= 0.6 is 0 Å². The molecule has 3 nitrogen and oxygen atoms in total. The highest BCUT2D eigenvalue weighted by Crippen LogP contribution is 2.23. The zero-order valence-corrected chi connectivity index (χ0v) is 13.7. The van der Waals surface area contributed by atoms with E-state index in [1.54, 1.807) is 0 Å². The summed E-state index contributed by atoms with van der Waals surface area (Å²) in [5, 5.41) is 3.60. The van der Waals surface area contributed by atoms with Gasteiger partial charge >= 0.3 is 0 Å². The minimum Gasteiger partial charge on any atom is -0.474 e. The van der Waals surface area contributed by atoms with Gasteiger partial charge in [-0.3, -0.25) is 0 Å². The molecular weight excluding hydrogens is 236 g/mol. The molecule has 0 aliphatic carbocycles. The molecule has 0 atom stereocenters. The maximum absolute atomic E-state index is 5.84. The Morgan fingerprint density at radius 2 is 1.68 bits per heavy atom. The van der Waals surface area contributed by atoms with Crippen molar-refractivity contribution >= 4 is 0 Å². The van der Waals surface area contributed by atoms with Crippen LogP contribution in [0.2, 0.25) is 0 Å². The van der Waals surface area contributed by atoms with Gasteiger partial charge in [0.1, 0.15) is 5.60 Å². The number of rotatable bonds is 4. The Kier molecular flexibility index (Phi) is 5.31. The molecule has 0 radical (unpaired) electrons. The maximum Gasteiger partial charge on any atom is 0.182 e. The van der Waals surface area contributed by atoms with Crippen molar-refractivity contribution in [3.8, 4) is 0 Å². The first kappa shape index (κ1) is 16.4. The Labute approximate surface area is 119 Å². The zero-order chi connectivity index (χ0) is 14.7. The lowest BCUT2D eigenvalue weighted by molar-refractivity contribution is -0.00562. The average molecular weight is 268 g/mol. The molecule has 0 spiro atoms. The Morgan fingerprint density at radius 1 is 1.16 bits per heavy atom. The summed E-state index contributed by atoms with van der Waals surface area (Å²) < 4.78 is 5.84. The number of nitrogens with zero attached hydrogens (tertiary/aromatic N) is 1. The molecule has 3 heteroatoms. The lowest BCUT2D eigenvalue weighted by Gasteiger charge is -2.37. The van der Waals surface area contributed by atoms with E-state index < -0.39 is 0 Å². The third-order valence-electron chi connectivity index (χ3n) is 3.31. The third-order valence-corrected chi connectivity index (χ3v) is 3.31. The van der Waals surface area contributed by atoms with E-state index in [4.69, 9.17) is 4.74 Å². The molecule has 0 aromatic heterocycles. The van der Waals surface area contributed by atoms with Crippen LogP contribution < -0.4 is 5.32 Å². The van der Waals surface area contributed by atoms with Crippen molar-refractivity contribution in [2.45, 2.75) is 65.5 Å². The first-order chi connectivity index (χ1) is 8.57. The predicted octanol–water partition coefficient (Wildman–Crippen LogP) is 3.37. The van der Waals surface area contributed by atoms with Gasteiger partial charge in [-0.05, 0) is 73.4 Å². The molecular formula is C16H32N2O. The summed E-state index contributed by atoms with van der Waals surface area (Å²) in [5.74, 6) is 1.60. The smallest absolute Gasteiger partial charge is 0.182 e. The van der Waals surface area contributed by atoms with Crippen LogP contribution in [0.1, 0.15) is 54.4 Å². The van der Waals surface area contributed by atoms with E-state index in [2.05, 4.69) is 58.3 Å². The average Bonchev–Trinajstić information content (AvgIpc) is 2.23. The van der Waals surface area contributed by atoms with Crippen molar-refractivity contribution in [3.63, 3.8) is 0 Å². The van der Waals surface area contributed by atoms with Crippen LogP contribution in [0, 0.1) is 5.92 Å². The number of hydrogen-bond donors (Lipinski definition) is 1. The number of piperidine rings is 1. The van der Waals surface area contributed by atoms with Gasteiger partial charge in [0.05, 0.1) is 0 Å². The monoisotopic (exact) mass is 268 g/mol. The SMILES string of the molecule is C=C(OC(C)(C)C)N1CCC(CNC(C)(C)C)CC1. The lowest BCUT2D eigenvalue weighted by Crippen LogP contribution is -2.43. The first-order valence-corrected chi connectivity index (χ1v) is 7.45. The van der Waals surface area contributed by atoms with Crippen LogP contribution in [0.15, 0.2) is 12.5 Å². The molecule has 19 heavy (non-hydrogen) atoms. The largest absolute Gasteiger partial charge is 0.474 e. The number of likely N-dealkylation sites (tertiary alicyclic amines) is 1. The van der Waals surface area contributed by atoms with E-state index in [1.807, 2.05) is 0 Å². The minimum absolute atomic E-state index is 0.151. The van der Waals surface area contributed by atoms with Crippen molar-refractivity contribution < 1.29 is 4.74 Å². The topological polar surface area (TPSA) is 24.5 Å². The van der Waals surface area contributed by atoms with Crippen molar-refractivity contribution in [2.24, 2.45) is 5.92 Å². The van der Waals surface area contributed by atoms with Gasteiger partial charge in [-0.1, -0.05) is 0 Å². The quantitative estimate of drug-likeness (QED) is 0.791.